The third kappa shape index (κ3) is 3.08. The molecule has 1 aromatic carbocycles. The zero-order valence-electron chi connectivity index (χ0n) is 13.3. The van der Waals surface area contributed by atoms with E-state index < -0.39 is 10.0 Å². The molecule has 0 spiro atoms. The number of benzene rings is 1. The first-order valence-corrected chi connectivity index (χ1v) is 8.80. The van der Waals surface area contributed by atoms with Gasteiger partial charge in [-0.15, -0.1) is 5.10 Å². The smallest absolute Gasteiger partial charge is 0.243 e. The number of aryl methyl sites for hydroxylation is 1. The number of furan rings is 1. The van der Waals surface area contributed by atoms with Crippen molar-refractivity contribution in [2.45, 2.75) is 18.4 Å². The molecule has 8 nitrogen and oxygen atoms in total. The molecule has 126 valence electrons. The molecule has 3 rings (SSSR count). The molecule has 0 N–H and O–H groups in total. The van der Waals surface area contributed by atoms with Crippen LogP contribution in [0.2, 0.25) is 0 Å². The van der Waals surface area contributed by atoms with Crippen molar-refractivity contribution in [1.82, 2.24) is 24.5 Å². The van der Waals surface area contributed by atoms with Crippen molar-refractivity contribution in [2.24, 2.45) is 7.05 Å². The lowest BCUT2D eigenvalue weighted by molar-refractivity contribution is 0.421. The first kappa shape index (κ1) is 16.3. The summed E-state index contributed by atoms with van der Waals surface area (Å²) >= 11 is 0. The molecular weight excluding hydrogens is 330 g/mol. The molecule has 0 saturated carbocycles. The summed E-state index contributed by atoms with van der Waals surface area (Å²) in [5.41, 5.74) is 1.44. The number of hydrogen-bond donors (Lipinski definition) is 0. The van der Waals surface area contributed by atoms with Crippen LogP contribution in [0.3, 0.4) is 0 Å². The first-order chi connectivity index (χ1) is 11.5. The number of sulfonamides is 1. The summed E-state index contributed by atoms with van der Waals surface area (Å²) in [6.07, 6.45) is 3.07. The van der Waals surface area contributed by atoms with E-state index in [4.69, 9.17) is 4.42 Å². The molecule has 0 atom stereocenters. The molecule has 9 heteroatoms. The van der Waals surface area contributed by atoms with Gasteiger partial charge in [-0.05, 0) is 28.6 Å². The van der Waals surface area contributed by atoms with Gasteiger partial charge in [-0.3, -0.25) is 0 Å². The van der Waals surface area contributed by atoms with E-state index in [2.05, 4.69) is 15.5 Å². The van der Waals surface area contributed by atoms with Crippen molar-refractivity contribution in [1.29, 1.82) is 0 Å². The van der Waals surface area contributed by atoms with Crippen LogP contribution in [0.25, 0.3) is 11.4 Å². The molecule has 0 fully saturated rings. The monoisotopic (exact) mass is 347 g/mol. The van der Waals surface area contributed by atoms with E-state index in [1.807, 2.05) is 0 Å². The maximum Gasteiger partial charge on any atom is 0.243 e. The van der Waals surface area contributed by atoms with E-state index in [0.717, 1.165) is 5.56 Å². The molecule has 0 saturated heterocycles. The second-order valence-electron chi connectivity index (χ2n) is 5.22. The molecule has 0 aliphatic carbocycles. The minimum absolute atomic E-state index is 0.202. The van der Waals surface area contributed by atoms with Crippen LogP contribution in [0.1, 0.15) is 12.5 Å². The summed E-state index contributed by atoms with van der Waals surface area (Å²) in [5.74, 6) is 0.505. The normalized spacial score (nSPS) is 12.0. The predicted octanol–water partition coefficient (Wildman–Crippen LogP) is 1.68. The summed E-state index contributed by atoms with van der Waals surface area (Å²) in [6.45, 7) is 2.41. The molecule has 0 radical (unpaired) electrons. The van der Waals surface area contributed by atoms with Gasteiger partial charge in [0.25, 0.3) is 0 Å². The molecule has 0 unspecified atom stereocenters. The minimum Gasteiger partial charge on any atom is -0.472 e. The fraction of sp³-hybridized carbons (Fsp3) is 0.267. The molecule has 3 aromatic rings. The largest absolute Gasteiger partial charge is 0.472 e. The van der Waals surface area contributed by atoms with E-state index in [-0.39, 0.29) is 11.4 Å². The van der Waals surface area contributed by atoms with Gasteiger partial charge < -0.3 is 4.42 Å². The fourth-order valence-corrected chi connectivity index (χ4v) is 3.86. The van der Waals surface area contributed by atoms with Crippen molar-refractivity contribution in [3.63, 3.8) is 0 Å². The number of aromatic nitrogens is 4. The maximum absolute atomic E-state index is 12.9. The summed E-state index contributed by atoms with van der Waals surface area (Å²) < 4.78 is 33.8. The highest BCUT2D eigenvalue weighted by molar-refractivity contribution is 7.89. The quantitative estimate of drug-likeness (QED) is 0.673. The van der Waals surface area contributed by atoms with E-state index in [1.165, 1.54) is 15.3 Å². The third-order valence-corrected chi connectivity index (χ3v) is 5.56. The molecule has 2 heterocycles. The van der Waals surface area contributed by atoms with Crippen molar-refractivity contribution < 1.29 is 12.8 Å². The van der Waals surface area contributed by atoms with Gasteiger partial charge in [0.1, 0.15) is 0 Å². The van der Waals surface area contributed by atoms with Gasteiger partial charge in [-0.25, -0.2) is 13.1 Å². The van der Waals surface area contributed by atoms with Gasteiger partial charge in [0.2, 0.25) is 10.0 Å². The minimum atomic E-state index is -3.64. The molecular formula is C15H17N5O3S. The SMILES string of the molecule is CCN(Cc1ccoc1)S(=O)(=O)c1cccc(-c2nnnn2C)c1. The van der Waals surface area contributed by atoms with E-state index >= 15 is 0 Å². The predicted molar refractivity (Wildman–Crippen MR) is 86.2 cm³/mol. The summed E-state index contributed by atoms with van der Waals surface area (Å²) in [5, 5.41) is 11.3. The highest BCUT2D eigenvalue weighted by atomic mass is 32.2. The number of nitrogens with zero attached hydrogens (tertiary/aromatic N) is 5. The Balaban J connectivity index is 1.95. The summed E-state index contributed by atoms with van der Waals surface area (Å²) in [7, 11) is -1.94. The van der Waals surface area contributed by atoms with Crippen molar-refractivity contribution >= 4 is 10.0 Å². The average Bonchev–Trinajstić information content (AvgIpc) is 3.24. The van der Waals surface area contributed by atoms with Crippen LogP contribution in [-0.4, -0.2) is 39.5 Å². The van der Waals surface area contributed by atoms with Crippen LogP contribution in [0, 0.1) is 0 Å². The Hall–Kier alpha value is -2.52. The molecule has 24 heavy (non-hydrogen) atoms. The van der Waals surface area contributed by atoms with Gasteiger partial charge in [0.05, 0.1) is 17.4 Å². The molecule has 2 aromatic heterocycles. The zero-order chi connectivity index (χ0) is 17.2. The zero-order valence-corrected chi connectivity index (χ0v) is 14.1. The molecule has 0 bridgehead atoms. The van der Waals surface area contributed by atoms with Crippen molar-refractivity contribution in [2.75, 3.05) is 6.54 Å². The van der Waals surface area contributed by atoms with Crippen molar-refractivity contribution in [3.05, 3.63) is 48.4 Å². The Morgan fingerprint density at radius 2 is 2.12 bits per heavy atom. The lowest BCUT2D eigenvalue weighted by Gasteiger charge is -2.20. The highest BCUT2D eigenvalue weighted by Gasteiger charge is 2.24. The second-order valence-corrected chi connectivity index (χ2v) is 7.15. The van der Waals surface area contributed by atoms with Crippen LogP contribution >= 0.6 is 0 Å². The van der Waals surface area contributed by atoms with Crippen LogP contribution in [0.15, 0.2) is 52.2 Å². The van der Waals surface area contributed by atoms with Crippen LogP contribution in [0.5, 0.6) is 0 Å². The van der Waals surface area contributed by atoms with Crippen molar-refractivity contribution in [3.8, 4) is 11.4 Å². The third-order valence-electron chi connectivity index (χ3n) is 3.64. The van der Waals surface area contributed by atoms with Gasteiger partial charge in [0, 0.05) is 31.3 Å². The van der Waals surface area contributed by atoms with E-state index in [9.17, 15) is 8.42 Å². The Kier molecular flexibility index (Phi) is 4.45. The lowest BCUT2D eigenvalue weighted by Crippen LogP contribution is -2.30. The first-order valence-electron chi connectivity index (χ1n) is 7.36. The van der Waals surface area contributed by atoms with Gasteiger partial charge in [-0.2, -0.15) is 4.31 Å². The number of tetrazole rings is 1. The standard InChI is InChI=1S/C15H17N5O3S/c1-3-20(10-12-7-8-23-11-12)24(21,22)14-6-4-5-13(9-14)15-16-17-18-19(15)2/h4-9,11H,3,10H2,1-2H3. The van der Waals surface area contributed by atoms with E-state index in [1.54, 1.807) is 50.6 Å². The van der Waals surface area contributed by atoms with Gasteiger partial charge >= 0.3 is 0 Å². The Labute approximate surface area is 139 Å². The van der Waals surface area contributed by atoms with Gasteiger partial charge in [0.15, 0.2) is 5.82 Å². The topological polar surface area (TPSA) is 94.1 Å². The lowest BCUT2D eigenvalue weighted by atomic mass is 10.2. The Morgan fingerprint density at radius 1 is 1.29 bits per heavy atom. The van der Waals surface area contributed by atoms with Gasteiger partial charge in [-0.1, -0.05) is 19.1 Å². The summed E-state index contributed by atoms with van der Waals surface area (Å²) in [4.78, 5) is 0.202. The number of hydrogen-bond acceptors (Lipinski definition) is 6. The molecule has 0 amide bonds. The van der Waals surface area contributed by atoms with E-state index in [0.29, 0.717) is 17.9 Å². The van der Waals surface area contributed by atoms with Crippen LogP contribution < -0.4 is 0 Å². The average molecular weight is 347 g/mol. The maximum atomic E-state index is 12.9. The second kappa shape index (κ2) is 6.54. The molecule has 0 aliphatic heterocycles. The Bertz CT molecular complexity index is 918. The van der Waals surface area contributed by atoms with Crippen LogP contribution in [-0.2, 0) is 23.6 Å². The highest BCUT2D eigenvalue weighted by Crippen LogP contribution is 2.23. The molecule has 0 aliphatic rings. The number of rotatable bonds is 6. The fourth-order valence-electron chi connectivity index (χ4n) is 2.37. The van der Waals surface area contributed by atoms with Crippen LogP contribution in [0.4, 0.5) is 0 Å². The summed E-state index contributed by atoms with van der Waals surface area (Å²) in [6, 6.07) is 8.36. The Morgan fingerprint density at radius 3 is 2.75 bits per heavy atom.